The van der Waals surface area contributed by atoms with Crippen molar-refractivity contribution in [1.29, 1.82) is 0 Å². The van der Waals surface area contributed by atoms with E-state index in [-0.39, 0.29) is 11.6 Å². The molecule has 6 heteroatoms. The highest BCUT2D eigenvalue weighted by Crippen LogP contribution is 2.20. The van der Waals surface area contributed by atoms with Crippen LogP contribution in [0.1, 0.15) is 10.5 Å². The zero-order valence-corrected chi connectivity index (χ0v) is 10.2. The maximum atomic E-state index is 12.1. The molecule has 6 nitrogen and oxygen atoms in total. The molecule has 0 aliphatic heterocycles. The van der Waals surface area contributed by atoms with Crippen LogP contribution in [-0.2, 0) is 0 Å². The lowest BCUT2D eigenvalue weighted by Crippen LogP contribution is -2.27. The predicted molar refractivity (Wildman–Crippen MR) is 68.7 cm³/mol. The molecular weight excluding hydrogens is 232 g/mol. The third kappa shape index (κ3) is 2.13. The van der Waals surface area contributed by atoms with Gasteiger partial charge in [-0.1, -0.05) is 0 Å². The molecule has 0 aliphatic carbocycles. The van der Waals surface area contributed by atoms with Crippen molar-refractivity contribution in [3.63, 3.8) is 0 Å². The van der Waals surface area contributed by atoms with E-state index in [0.29, 0.717) is 5.69 Å². The van der Waals surface area contributed by atoms with Gasteiger partial charge in [-0.15, -0.1) is 0 Å². The van der Waals surface area contributed by atoms with E-state index in [9.17, 15) is 4.79 Å². The van der Waals surface area contributed by atoms with Gasteiger partial charge in [0.1, 0.15) is 11.4 Å². The van der Waals surface area contributed by atoms with E-state index in [1.807, 2.05) is 0 Å². The SMILES string of the molecule is COc1ccc(N(C)C(=O)c2[nH]ncc2N)cc1. The minimum atomic E-state index is -0.241. The van der Waals surface area contributed by atoms with Crippen LogP contribution in [0.4, 0.5) is 11.4 Å². The number of nitrogens with two attached hydrogens (primary N) is 1. The van der Waals surface area contributed by atoms with E-state index >= 15 is 0 Å². The summed E-state index contributed by atoms with van der Waals surface area (Å²) in [7, 11) is 3.26. The van der Waals surface area contributed by atoms with Crippen molar-refractivity contribution in [3.8, 4) is 5.75 Å². The van der Waals surface area contributed by atoms with Gasteiger partial charge in [0.25, 0.3) is 5.91 Å². The van der Waals surface area contributed by atoms with Gasteiger partial charge in [0.2, 0.25) is 0 Å². The van der Waals surface area contributed by atoms with Gasteiger partial charge in [0.05, 0.1) is 19.0 Å². The molecule has 0 aliphatic rings. The molecule has 0 saturated heterocycles. The smallest absolute Gasteiger partial charge is 0.278 e. The summed E-state index contributed by atoms with van der Waals surface area (Å²) in [5.74, 6) is 0.496. The van der Waals surface area contributed by atoms with E-state index in [1.54, 1.807) is 38.4 Å². The van der Waals surface area contributed by atoms with E-state index < -0.39 is 0 Å². The highest BCUT2D eigenvalue weighted by atomic mass is 16.5. The number of rotatable bonds is 3. The van der Waals surface area contributed by atoms with Crippen molar-refractivity contribution >= 4 is 17.3 Å². The van der Waals surface area contributed by atoms with Crippen LogP contribution in [0.2, 0.25) is 0 Å². The van der Waals surface area contributed by atoms with Crippen LogP contribution in [0.15, 0.2) is 30.5 Å². The van der Waals surface area contributed by atoms with Crippen LogP contribution in [0.5, 0.6) is 5.75 Å². The Labute approximate surface area is 104 Å². The zero-order chi connectivity index (χ0) is 13.1. The van der Waals surface area contributed by atoms with Crippen LogP contribution in [0, 0.1) is 0 Å². The number of carbonyl (C=O) groups excluding carboxylic acids is 1. The van der Waals surface area contributed by atoms with Crippen molar-refractivity contribution in [3.05, 3.63) is 36.2 Å². The van der Waals surface area contributed by atoms with Crippen molar-refractivity contribution in [2.24, 2.45) is 0 Å². The van der Waals surface area contributed by atoms with Crippen molar-refractivity contribution in [1.82, 2.24) is 10.2 Å². The van der Waals surface area contributed by atoms with Crippen LogP contribution < -0.4 is 15.4 Å². The Hall–Kier alpha value is -2.50. The van der Waals surface area contributed by atoms with Gasteiger partial charge in [0.15, 0.2) is 0 Å². The first-order chi connectivity index (χ1) is 8.63. The molecule has 2 aromatic rings. The lowest BCUT2D eigenvalue weighted by Gasteiger charge is -2.16. The molecule has 1 aromatic heterocycles. The highest BCUT2D eigenvalue weighted by molar-refractivity contribution is 6.07. The van der Waals surface area contributed by atoms with Gasteiger partial charge in [-0.2, -0.15) is 5.10 Å². The van der Waals surface area contributed by atoms with Crippen molar-refractivity contribution in [2.75, 3.05) is 24.8 Å². The van der Waals surface area contributed by atoms with Crippen LogP contribution in [0.25, 0.3) is 0 Å². The average Bonchev–Trinajstić information content (AvgIpc) is 2.83. The summed E-state index contributed by atoms with van der Waals surface area (Å²) in [6.07, 6.45) is 1.41. The second-order valence-electron chi connectivity index (χ2n) is 3.76. The first-order valence-electron chi connectivity index (χ1n) is 5.34. The molecule has 2 rings (SSSR count). The van der Waals surface area contributed by atoms with Crippen LogP contribution in [0.3, 0.4) is 0 Å². The number of ether oxygens (including phenoxy) is 1. The molecule has 1 aromatic carbocycles. The van der Waals surface area contributed by atoms with Crippen molar-refractivity contribution in [2.45, 2.75) is 0 Å². The summed E-state index contributed by atoms with van der Waals surface area (Å²) in [6, 6.07) is 7.16. The lowest BCUT2D eigenvalue weighted by atomic mass is 10.2. The Morgan fingerprint density at radius 1 is 1.39 bits per heavy atom. The fraction of sp³-hybridized carbons (Fsp3) is 0.167. The summed E-state index contributed by atoms with van der Waals surface area (Å²) in [6.45, 7) is 0. The van der Waals surface area contributed by atoms with E-state index in [1.165, 1.54) is 11.1 Å². The largest absolute Gasteiger partial charge is 0.497 e. The molecule has 1 amide bonds. The maximum Gasteiger partial charge on any atom is 0.278 e. The van der Waals surface area contributed by atoms with Gasteiger partial charge in [-0.25, -0.2) is 0 Å². The number of amides is 1. The lowest BCUT2D eigenvalue weighted by molar-refractivity contribution is 0.0989. The summed E-state index contributed by atoms with van der Waals surface area (Å²) < 4.78 is 5.06. The maximum absolute atomic E-state index is 12.1. The number of methoxy groups -OCH3 is 1. The van der Waals surface area contributed by atoms with Crippen LogP contribution >= 0.6 is 0 Å². The number of aromatic amines is 1. The Kier molecular flexibility index (Phi) is 3.18. The quantitative estimate of drug-likeness (QED) is 0.854. The fourth-order valence-corrected chi connectivity index (χ4v) is 1.56. The standard InChI is InChI=1S/C12H14N4O2/c1-16(8-3-5-9(18-2)6-4-8)12(17)11-10(13)7-14-15-11/h3-7H,13H2,1-2H3,(H,14,15). The molecule has 3 N–H and O–H groups in total. The van der Waals surface area contributed by atoms with Crippen molar-refractivity contribution < 1.29 is 9.53 Å². The Morgan fingerprint density at radius 3 is 2.56 bits per heavy atom. The molecule has 0 radical (unpaired) electrons. The molecule has 0 bridgehead atoms. The molecule has 94 valence electrons. The van der Waals surface area contributed by atoms with Gasteiger partial charge in [-0.05, 0) is 24.3 Å². The van der Waals surface area contributed by atoms with Crippen LogP contribution in [-0.4, -0.2) is 30.3 Å². The Balaban J connectivity index is 2.23. The molecule has 0 saturated carbocycles. The fourth-order valence-electron chi connectivity index (χ4n) is 1.56. The van der Waals surface area contributed by atoms with E-state index in [0.717, 1.165) is 11.4 Å². The monoisotopic (exact) mass is 246 g/mol. The number of carbonyl (C=O) groups is 1. The number of H-pyrrole nitrogens is 1. The third-order valence-electron chi connectivity index (χ3n) is 2.65. The summed E-state index contributed by atoms with van der Waals surface area (Å²) in [4.78, 5) is 13.6. The topological polar surface area (TPSA) is 84.2 Å². The van der Waals surface area contributed by atoms with Gasteiger partial charge in [-0.3, -0.25) is 9.89 Å². The Morgan fingerprint density at radius 2 is 2.06 bits per heavy atom. The van der Waals surface area contributed by atoms with Gasteiger partial charge < -0.3 is 15.4 Å². The number of benzene rings is 1. The molecule has 0 fully saturated rings. The second-order valence-corrected chi connectivity index (χ2v) is 3.76. The first-order valence-corrected chi connectivity index (χ1v) is 5.34. The highest BCUT2D eigenvalue weighted by Gasteiger charge is 2.17. The number of anilines is 2. The number of aromatic nitrogens is 2. The van der Waals surface area contributed by atoms with Gasteiger partial charge >= 0.3 is 0 Å². The van der Waals surface area contributed by atoms with Gasteiger partial charge in [0, 0.05) is 12.7 Å². The first kappa shape index (κ1) is 12.0. The summed E-state index contributed by atoms with van der Waals surface area (Å²) in [5.41, 5.74) is 7.01. The predicted octanol–water partition coefficient (Wildman–Crippen LogP) is 1.28. The third-order valence-corrected chi connectivity index (χ3v) is 2.65. The molecule has 18 heavy (non-hydrogen) atoms. The number of nitrogens with zero attached hydrogens (tertiary/aromatic N) is 2. The number of nitrogens with one attached hydrogen (secondary N) is 1. The summed E-state index contributed by atoms with van der Waals surface area (Å²) >= 11 is 0. The minimum Gasteiger partial charge on any atom is -0.497 e. The van der Waals surface area contributed by atoms with E-state index in [2.05, 4.69) is 10.2 Å². The summed E-state index contributed by atoms with van der Waals surface area (Å²) in [5, 5.41) is 6.32. The minimum absolute atomic E-state index is 0.241. The zero-order valence-electron chi connectivity index (χ0n) is 10.2. The Bertz CT molecular complexity index is 547. The van der Waals surface area contributed by atoms with E-state index in [4.69, 9.17) is 10.5 Å². The molecule has 1 heterocycles. The molecular formula is C12H14N4O2. The number of nitrogen functional groups attached to an aromatic ring is 1. The molecule has 0 unspecified atom stereocenters. The molecule has 0 atom stereocenters. The number of hydrogen-bond acceptors (Lipinski definition) is 4. The number of hydrogen-bond donors (Lipinski definition) is 2. The second kappa shape index (κ2) is 4.79. The molecule has 0 spiro atoms. The normalized spacial score (nSPS) is 10.1. The average molecular weight is 246 g/mol.